The highest BCUT2D eigenvalue weighted by Crippen LogP contribution is 2.24. The molecule has 1 heterocycles. The van der Waals surface area contributed by atoms with Gasteiger partial charge in [-0.2, -0.15) is 0 Å². The number of thiocarbonyl (C=S) groups is 1. The molecule has 3 N–H and O–H groups in total. The van der Waals surface area contributed by atoms with Crippen molar-refractivity contribution in [3.63, 3.8) is 0 Å². The summed E-state index contributed by atoms with van der Waals surface area (Å²) in [5.41, 5.74) is -0.351. The molecular weight excluding hydrogens is 355 g/mol. The van der Waals surface area contributed by atoms with Gasteiger partial charge in [-0.05, 0) is 30.4 Å². The van der Waals surface area contributed by atoms with E-state index < -0.39 is 23.6 Å². The van der Waals surface area contributed by atoms with Crippen LogP contribution in [-0.2, 0) is 14.4 Å². The van der Waals surface area contributed by atoms with E-state index in [1.54, 1.807) is 0 Å². The maximum atomic E-state index is 11.5. The molecule has 114 valence electrons. The predicted octanol–water partition coefficient (Wildman–Crippen LogP) is 1.43. The second-order valence-corrected chi connectivity index (χ2v) is 5.03. The number of hydrogen-bond donors (Lipinski definition) is 3. The molecule has 2 rings (SSSR count). The molecule has 0 unspecified atom stereocenters. The minimum Gasteiger partial charge on any atom is -0.297 e. The van der Waals surface area contributed by atoms with Crippen LogP contribution in [0.4, 0.5) is 10.5 Å². The Kier molecular flexibility index (Phi) is 4.91. The first-order valence-electron chi connectivity index (χ1n) is 5.54. The minimum absolute atomic E-state index is 0.158. The van der Waals surface area contributed by atoms with Crippen molar-refractivity contribution in [3.8, 4) is 0 Å². The molecule has 1 fully saturated rings. The van der Waals surface area contributed by atoms with Gasteiger partial charge in [0.1, 0.15) is 0 Å². The molecule has 0 radical (unpaired) electrons. The topological polar surface area (TPSA) is 109 Å². The van der Waals surface area contributed by atoms with Gasteiger partial charge in [-0.3, -0.25) is 30.4 Å². The third-order valence-electron chi connectivity index (χ3n) is 2.27. The van der Waals surface area contributed by atoms with Crippen molar-refractivity contribution in [1.29, 1.82) is 0 Å². The van der Waals surface area contributed by atoms with Gasteiger partial charge in [0, 0.05) is 5.69 Å². The first-order valence-corrected chi connectivity index (χ1v) is 6.71. The van der Waals surface area contributed by atoms with Crippen molar-refractivity contribution in [2.45, 2.75) is 0 Å². The van der Waals surface area contributed by atoms with Gasteiger partial charge >= 0.3 is 6.09 Å². The number of amides is 3. The maximum Gasteiger partial charge on any atom is 0.437 e. The fourth-order valence-corrected chi connectivity index (χ4v) is 1.83. The molecule has 0 atom stereocenters. The highest BCUT2D eigenvalue weighted by Gasteiger charge is 2.29. The Morgan fingerprint density at radius 2 is 1.82 bits per heavy atom. The molecule has 1 aliphatic heterocycles. The first-order chi connectivity index (χ1) is 10.4. The van der Waals surface area contributed by atoms with E-state index in [1.807, 2.05) is 0 Å². The lowest BCUT2D eigenvalue weighted by Crippen LogP contribution is -2.56. The van der Waals surface area contributed by atoms with Crippen LogP contribution in [0.15, 0.2) is 23.4 Å². The normalized spacial score (nSPS) is 14.1. The first kappa shape index (κ1) is 16.1. The molecule has 0 spiro atoms. The van der Waals surface area contributed by atoms with Crippen LogP contribution in [0.25, 0.3) is 0 Å². The summed E-state index contributed by atoms with van der Waals surface area (Å²) in [6, 6.07) is 4.33. The van der Waals surface area contributed by atoms with Crippen molar-refractivity contribution in [1.82, 2.24) is 10.6 Å². The number of rotatable bonds is 2. The molecule has 0 aliphatic carbocycles. The molecule has 1 aliphatic rings. The zero-order valence-electron chi connectivity index (χ0n) is 10.5. The van der Waals surface area contributed by atoms with Gasteiger partial charge in [-0.1, -0.05) is 28.4 Å². The van der Waals surface area contributed by atoms with Crippen LogP contribution >= 0.6 is 35.4 Å². The summed E-state index contributed by atoms with van der Waals surface area (Å²) in [4.78, 5) is 38.8. The molecule has 1 aromatic rings. The molecule has 3 amide bonds. The maximum absolute atomic E-state index is 11.5. The van der Waals surface area contributed by atoms with Crippen LogP contribution in [0, 0.1) is 0 Å². The zero-order chi connectivity index (χ0) is 16.3. The highest BCUT2D eigenvalue weighted by atomic mass is 35.5. The number of carbonyl (C=O) groups excluding carboxylic acids is 3. The molecular formula is C11H6Cl2N4O4S. The number of benzene rings is 1. The summed E-state index contributed by atoms with van der Waals surface area (Å²) < 4.78 is 0. The fraction of sp³-hybridized carbons (Fsp3) is 0. The average molecular weight is 361 g/mol. The van der Waals surface area contributed by atoms with Crippen LogP contribution in [0.2, 0.25) is 10.0 Å². The molecule has 1 aromatic carbocycles. The van der Waals surface area contributed by atoms with E-state index >= 15 is 0 Å². The highest BCUT2D eigenvalue weighted by molar-refractivity contribution is 7.80. The summed E-state index contributed by atoms with van der Waals surface area (Å²) in [5, 5.41) is 10.1. The Morgan fingerprint density at radius 1 is 1.18 bits per heavy atom. The Hall–Kier alpha value is -2.23. The van der Waals surface area contributed by atoms with Crippen LogP contribution in [0.3, 0.4) is 0 Å². The summed E-state index contributed by atoms with van der Waals surface area (Å²) in [5.74, 6) is -1.76. The predicted molar refractivity (Wildman–Crippen MR) is 82.9 cm³/mol. The quantitative estimate of drug-likeness (QED) is 0.420. The van der Waals surface area contributed by atoms with Crippen molar-refractivity contribution in [3.05, 3.63) is 28.2 Å². The smallest absolute Gasteiger partial charge is 0.297 e. The molecule has 8 nitrogen and oxygen atoms in total. The number of nitrogens with zero attached hydrogens (tertiary/aromatic N) is 1. The van der Waals surface area contributed by atoms with Gasteiger partial charge in [0.05, 0.1) is 10.0 Å². The number of nitrogens with one attached hydrogen (secondary N) is 3. The number of carbonyl (C=O) groups is 3. The van der Waals surface area contributed by atoms with Crippen molar-refractivity contribution in [2.24, 2.45) is 5.16 Å². The van der Waals surface area contributed by atoms with E-state index in [-0.39, 0.29) is 10.1 Å². The largest absolute Gasteiger partial charge is 0.437 e. The monoisotopic (exact) mass is 360 g/mol. The average Bonchev–Trinajstić information content (AvgIpc) is 2.41. The molecule has 11 heteroatoms. The molecule has 0 saturated carbocycles. The van der Waals surface area contributed by atoms with E-state index in [1.165, 1.54) is 18.2 Å². The zero-order valence-corrected chi connectivity index (χ0v) is 12.8. The van der Waals surface area contributed by atoms with Crippen molar-refractivity contribution >= 4 is 69.8 Å². The molecule has 0 aromatic heterocycles. The summed E-state index contributed by atoms with van der Waals surface area (Å²) in [6.07, 6.45) is -1.03. The number of oxime groups is 1. The summed E-state index contributed by atoms with van der Waals surface area (Å²) in [7, 11) is 0. The fourth-order valence-electron chi connectivity index (χ4n) is 1.34. The molecule has 0 bridgehead atoms. The third-order valence-corrected chi connectivity index (χ3v) is 3.21. The van der Waals surface area contributed by atoms with Gasteiger partial charge in [-0.25, -0.2) is 4.79 Å². The summed E-state index contributed by atoms with van der Waals surface area (Å²) >= 11 is 16.1. The molecule has 1 saturated heterocycles. The lowest BCUT2D eigenvalue weighted by atomic mass is 10.3. The van der Waals surface area contributed by atoms with Crippen LogP contribution in [0.5, 0.6) is 0 Å². The van der Waals surface area contributed by atoms with E-state index in [2.05, 4.69) is 38.2 Å². The van der Waals surface area contributed by atoms with E-state index in [4.69, 9.17) is 23.2 Å². The Morgan fingerprint density at radius 3 is 2.41 bits per heavy atom. The van der Waals surface area contributed by atoms with Gasteiger partial charge in [0.15, 0.2) is 5.11 Å². The second-order valence-electron chi connectivity index (χ2n) is 3.81. The number of halogens is 2. The minimum atomic E-state index is -1.03. The molecule has 22 heavy (non-hydrogen) atoms. The van der Waals surface area contributed by atoms with Gasteiger partial charge in [-0.15, -0.1) is 0 Å². The van der Waals surface area contributed by atoms with Crippen LogP contribution < -0.4 is 16.0 Å². The lowest BCUT2D eigenvalue weighted by Gasteiger charge is -2.14. The number of anilines is 1. The van der Waals surface area contributed by atoms with E-state index in [9.17, 15) is 14.4 Å². The standard InChI is InChI=1S/C11H6Cl2N4O4S/c12-5-2-1-4(3-6(5)13)14-11(20)21-17-7-8(18)15-10(22)16-9(7)19/h1-3H,(H,14,20)(H2,15,16,18,19,22). The van der Waals surface area contributed by atoms with Gasteiger partial charge in [0.25, 0.3) is 11.8 Å². The van der Waals surface area contributed by atoms with Crippen molar-refractivity contribution in [2.75, 3.05) is 5.32 Å². The lowest BCUT2D eigenvalue weighted by molar-refractivity contribution is -0.118. The van der Waals surface area contributed by atoms with E-state index in [0.29, 0.717) is 10.7 Å². The van der Waals surface area contributed by atoms with Gasteiger partial charge in [0.2, 0.25) is 5.71 Å². The third kappa shape index (κ3) is 3.91. The SMILES string of the molecule is O=C(Nc1ccc(Cl)c(Cl)c1)ON=C1C(=O)NC(=S)NC1=O. The second kappa shape index (κ2) is 6.69. The van der Waals surface area contributed by atoms with Crippen molar-refractivity contribution < 1.29 is 19.2 Å². The van der Waals surface area contributed by atoms with Crippen LogP contribution in [-0.4, -0.2) is 28.7 Å². The Bertz CT molecular complexity index is 700. The Labute approximate surface area is 138 Å². The van der Waals surface area contributed by atoms with Gasteiger partial charge < -0.3 is 0 Å². The number of hydrogen-bond acceptors (Lipinski definition) is 6. The Balaban J connectivity index is 2.01. The summed E-state index contributed by atoms with van der Waals surface area (Å²) in [6.45, 7) is 0. The van der Waals surface area contributed by atoms with E-state index in [0.717, 1.165) is 0 Å². The van der Waals surface area contributed by atoms with Crippen LogP contribution in [0.1, 0.15) is 0 Å².